The van der Waals surface area contributed by atoms with Gasteiger partial charge in [-0.05, 0) is 60.0 Å². The van der Waals surface area contributed by atoms with Gasteiger partial charge in [-0.1, -0.05) is 12.1 Å². The first kappa shape index (κ1) is 19.7. The number of aromatic amines is 1. The largest absolute Gasteiger partial charge is 0.453 e. The quantitative estimate of drug-likeness (QED) is 0.364. The molecule has 6 nitrogen and oxygen atoms in total. The molecule has 1 N–H and O–H groups in total. The molecule has 0 saturated heterocycles. The number of furan rings is 1. The van der Waals surface area contributed by atoms with E-state index in [0.717, 1.165) is 69.5 Å². The van der Waals surface area contributed by atoms with Gasteiger partial charge in [-0.15, -0.1) is 11.3 Å². The molecule has 0 unspecified atom stereocenters. The first-order chi connectivity index (χ1) is 15.7. The van der Waals surface area contributed by atoms with Crippen LogP contribution in [0.25, 0.3) is 21.7 Å². The molecular weight excluding hydrogens is 438 g/mol. The third-order valence-corrected chi connectivity index (χ3v) is 7.26. The van der Waals surface area contributed by atoms with E-state index in [2.05, 4.69) is 56.4 Å². The van der Waals surface area contributed by atoms with E-state index in [1.54, 1.807) is 11.3 Å². The van der Waals surface area contributed by atoms with Crippen LogP contribution < -0.4 is 0 Å². The monoisotopic (exact) mass is 459 g/mol. The Bertz CT molecular complexity index is 1390. The molecule has 1 aliphatic rings. The second-order valence-electron chi connectivity index (χ2n) is 7.99. The van der Waals surface area contributed by atoms with Gasteiger partial charge in [-0.2, -0.15) is 0 Å². The smallest absolute Gasteiger partial charge is 0.174 e. The van der Waals surface area contributed by atoms with Crippen LogP contribution in [-0.2, 0) is 19.5 Å². The van der Waals surface area contributed by atoms with Gasteiger partial charge < -0.3 is 9.40 Å². The van der Waals surface area contributed by atoms with Crippen LogP contribution in [0.3, 0.4) is 0 Å². The van der Waals surface area contributed by atoms with Crippen molar-refractivity contribution in [2.24, 2.45) is 0 Å². The highest BCUT2D eigenvalue weighted by Gasteiger charge is 2.20. The molecule has 6 rings (SSSR count). The molecule has 32 heavy (non-hydrogen) atoms. The van der Waals surface area contributed by atoms with Gasteiger partial charge in [0.05, 0.1) is 28.1 Å². The number of H-pyrrole nitrogens is 1. The predicted octanol–water partition coefficient (Wildman–Crippen LogP) is 5.69. The van der Waals surface area contributed by atoms with Gasteiger partial charge in [0.15, 0.2) is 16.1 Å². The number of hydrogen-bond donors (Lipinski definition) is 1. The first-order valence-corrected chi connectivity index (χ1v) is 12.2. The number of nitrogens with one attached hydrogen (secondary N) is 1. The van der Waals surface area contributed by atoms with E-state index >= 15 is 0 Å². The summed E-state index contributed by atoms with van der Waals surface area (Å²) in [4.78, 5) is 20.9. The van der Waals surface area contributed by atoms with Crippen LogP contribution in [-0.4, -0.2) is 31.4 Å². The first-order valence-electron chi connectivity index (χ1n) is 10.5. The third kappa shape index (κ3) is 3.97. The number of benzene rings is 1. The van der Waals surface area contributed by atoms with Crippen LogP contribution in [0.5, 0.6) is 0 Å². The lowest BCUT2D eigenvalue weighted by atomic mass is 10.1. The van der Waals surface area contributed by atoms with Crippen LogP contribution in [0.4, 0.5) is 0 Å². The third-order valence-electron chi connectivity index (χ3n) is 5.58. The summed E-state index contributed by atoms with van der Waals surface area (Å²) in [7, 11) is 0. The molecule has 0 aliphatic carbocycles. The van der Waals surface area contributed by atoms with Crippen molar-refractivity contribution in [3.8, 4) is 10.7 Å². The zero-order valence-corrected chi connectivity index (χ0v) is 19.2. The minimum Gasteiger partial charge on any atom is -0.453 e. The van der Waals surface area contributed by atoms with Crippen LogP contribution in [0, 0.1) is 6.92 Å². The average molecular weight is 460 g/mol. The second-order valence-corrected chi connectivity index (χ2v) is 9.93. The number of fused-ring (bicyclic) bond motifs is 2. The normalized spacial score (nSPS) is 14.2. The maximum absolute atomic E-state index is 6.10. The summed E-state index contributed by atoms with van der Waals surface area (Å²) in [6, 6.07) is 14.4. The van der Waals surface area contributed by atoms with Gasteiger partial charge in [0.1, 0.15) is 5.76 Å². The summed E-state index contributed by atoms with van der Waals surface area (Å²) in [5.74, 6) is 1.79. The highest BCUT2D eigenvalue weighted by molar-refractivity contribution is 7.99. The molecule has 0 atom stereocenters. The highest BCUT2D eigenvalue weighted by Crippen LogP contribution is 2.30. The van der Waals surface area contributed by atoms with Gasteiger partial charge in [-0.3, -0.25) is 4.90 Å². The molecule has 1 aromatic carbocycles. The van der Waals surface area contributed by atoms with E-state index in [9.17, 15) is 0 Å². The Kier molecular flexibility index (Phi) is 5.05. The van der Waals surface area contributed by atoms with Crippen LogP contribution in [0.2, 0.25) is 0 Å². The SMILES string of the molecule is Cc1ccc2nc(Sc3ccc(CN4CCc5nc(-c6cccs6)ncc5C4)o3)[nH]c2c1. The van der Waals surface area contributed by atoms with Gasteiger partial charge in [0.2, 0.25) is 0 Å². The van der Waals surface area contributed by atoms with Crippen molar-refractivity contribution in [1.29, 1.82) is 0 Å². The second kappa shape index (κ2) is 8.20. The lowest BCUT2D eigenvalue weighted by molar-refractivity contribution is 0.218. The molecule has 0 fully saturated rings. The van der Waals surface area contributed by atoms with E-state index in [4.69, 9.17) is 9.40 Å². The van der Waals surface area contributed by atoms with Crippen molar-refractivity contribution in [2.45, 2.75) is 36.7 Å². The summed E-state index contributed by atoms with van der Waals surface area (Å²) in [6.45, 7) is 4.65. The number of aromatic nitrogens is 4. The Balaban J connectivity index is 1.12. The summed E-state index contributed by atoms with van der Waals surface area (Å²) in [5, 5.41) is 3.75. The van der Waals surface area contributed by atoms with Crippen molar-refractivity contribution >= 4 is 34.1 Å². The highest BCUT2D eigenvalue weighted by atomic mass is 32.2. The molecule has 160 valence electrons. The van der Waals surface area contributed by atoms with Crippen LogP contribution >= 0.6 is 23.1 Å². The Morgan fingerprint density at radius 2 is 2.16 bits per heavy atom. The molecule has 1 aliphatic heterocycles. The summed E-state index contributed by atoms with van der Waals surface area (Å²) in [5.41, 5.74) is 5.61. The molecule has 5 heterocycles. The Hall–Kier alpha value is -2.94. The summed E-state index contributed by atoms with van der Waals surface area (Å²) < 4.78 is 6.10. The van der Waals surface area contributed by atoms with Gasteiger partial charge in [0, 0.05) is 31.3 Å². The Morgan fingerprint density at radius 3 is 3.06 bits per heavy atom. The number of hydrogen-bond acceptors (Lipinski definition) is 7. The van der Waals surface area contributed by atoms with E-state index in [-0.39, 0.29) is 0 Å². The molecule has 0 saturated carbocycles. The lowest BCUT2D eigenvalue weighted by Gasteiger charge is -2.27. The van der Waals surface area contributed by atoms with E-state index in [0.29, 0.717) is 0 Å². The van der Waals surface area contributed by atoms with Crippen molar-refractivity contribution in [1.82, 2.24) is 24.8 Å². The lowest BCUT2D eigenvalue weighted by Crippen LogP contribution is -2.30. The van der Waals surface area contributed by atoms with E-state index < -0.39 is 0 Å². The minimum absolute atomic E-state index is 0.770. The topological polar surface area (TPSA) is 70.8 Å². The van der Waals surface area contributed by atoms with Crippen LogP contribution in [0.15, 0.2) is 68.7 Å². The molecular formula is C24H21N5OS2. The van der Waals surface area contributed by atoms with Crippen molar-refractivity contribution in [3.05, 3.63) is 76.6 Å². The number of thiophene rings is 1. The Morgan fingerprint density at radius 1 is 1.19 bits per heavy atom. The molecule has 0 bridgehead atoms. The molecule has 0 radical (unpaired) electrons. The molecule has 0 amide bonds. The number of rotatable bonds is 5. The Labute approximate surface area is 193 Å². The zero-order chi connectivity index (χ0) is 21.5. The van der Waals surface area contributed by atoms with E-state index in [1.807, 2.05) is 24.4 Å². The van der Waals surface area contributed by atoms with Crippen molar-refractivity contribution in [3.63, 3.8) is 0 Å². The van der Waals surface area contributed by atoms with E-state index in [1.165, 1.54) is 22.9 Å². The summed E-state index contributed by atoms with van der Waals surface area (Å²) in [6.07, 6.45) is 2.91. The fraction of sp³-hybridized carbons (Fsp3) is 0.208. The van der Waals surface area contributed by atoms with Crippen molar-refractivity contribution < 1.29 is 4.42 Å². The summed E-state index contributed by atoms with van der Waals surface area (Å²) >= 11 is 3.20. The molecule has 5 aromatic rings. The van der Waals surface area contributed by atoms with Gasteiger partial charge in [-0.25, -0.2) is 15.0 Å². The number of aryl methyl sites for hydroxylation is 1. The van der Waals surface area contributed by atoms with Crippen LogP contribution in [0.1, 0.15) is 22.6 Å². The molecule has 8 heteroatoms. The zero-order valence-electron chi connectivity index (χ0n) is 17.5. The predicted molar refractivity (Wildman–Crippen MR) is 127 cm³/mol. The standard InChI is InChI=1S/C24H21N5OS2/c1-15-4-6-19-20(11-15)28-24(27-19)32-22-7-5-17(30-22)14-29-9-8-18-16(13-29)12-25-23(26-18)21-3-2-10-31-21/h2-7,10-12H,8-9,13-14H2,1H3,(H,27,28). The van der Waals surface area contributed by atoms with Gasteiger partial charge >= 0.3 is 0 Å². The van der Waals surface area contributed by atoms with Crippen molar-refractivity contribution in [2.75, 3.05) is 6.54 Å². The fourth-order valence-corrected chi connectivity index (χ4v) is 5.44. The maximum atomic E-state index is 6.10. The average Bonchev–Trinajstić information content (AvgIpc) is 3.54. The number of nitrogens with zero attached hydrogens (tertiary/aromatic N) is 4. The fourth-order valence-electron chi connectivity index (χ4n) is 4.00. The number of imidazole rings is 1. The van der Waals surface area contributed by atoms with Gasteiger partial charge in [0.25, 0.3) is 0 Å². The molecule has 0 spiro atoms. The molecule has 4 aromatic heterocycles. The maximum Gasteiger partial charge on any atom is 0.174 e. The minimum atomic E-state index is 0.770.